The van der Waals surface area contributed by atoms with Crippen LogP contribution in [0.2, 0.25) is 0 Å². The van der Waals surface area contributed by atoms with Crippen molar-refractivity contribution in [2.75, 3.05) is 0 Å². The summed E-state index contributed by atoms with van der Waals surface area (Å²) >= 11 is 0. The lowest BCUT2D eigenvalue weighted by molar-refractivity contribution is -0.183. The zero-order valence-electron chi connectivity index (χ0n) is 9.72. The summed E-state index contributed by atoms with van der Waals surface area (Å²) in [6, 6.07) is 0. The lowest BCUT2D eigenvalue weighted by Crippen LogP contribution is -2.31. The molecule has 0 N–H and O–H groups in total. The Balaban J connectivity index is 2.64. The molecule has 2 unspecified atom stereocenters. The fourth-order valence-corrected chi connectivity index (χ4v) is 2.16. The first-order valence-electron chi connectivity index (χ1n) is 5.67. The third-order valence-electron chi connectivity index (χ3n) is 3.16. The van der Waals surface area contributed by atoms with Gasteiger partial charge in [0.2, 0.25) is 0 Å². The minimum absolute atomic E-state index is 0.00317. The van der Waals surface area contributed by atoms with Gasteiger partial charge in [-0.3, -0.25) is 4.99 Å². The van der Waals surface area contributed by atoms with Crippen molar-refractivity contribution in [3.8, 4) is 0 Å². The first kappa shape index (κ1) is 13.3. The van der Waals surface area contributed by atoms with Crippen molar-refractivity contribution in [2.45, 2.75) is 45.7 Å². The Bertz CT molecular complexity index is 278. The molecule has 2 atom stereocenters. The molecule has 1 rings (SSSR count). The highest BCUT2D eigenvalue weighted by atomic mass is 19.4. The smallest absolute Gasteiger partial charge is 0.266 e. The summed E-state index contributed by atoms with van der Waals surface area (Å²) in [4.78, 5) is 4.15. The van der Waals surface area contributed by atoms with Crippen LogP contribution in [0.25, 0.3) is 0 Å². The van der Waals surface area contributed by atoms with Crippen molar-refractivity contribution in [1.82, 2.24) is 0 Å². The summed E-state index contributed by atoms with van der Waals surface area (Å²) in [6.45, 7) is 3.67. The second kappa shape index (κ2) is 5.51. The molecule has 0 amide bonds. The average molecular weight is 233 g/mol. The Kier molecular flexibility index (Phi) is 4.56. The number of nitrogens with zero attached hydrogens (tertiary/aromatic N) is 1. The van der Waals surface area contributed by atoms with Crippen LogP contribution in [0.15, 0.2) is 17.3 Å². The van der Waals surface area contributed by atoms with E-state index in [1.807, 2.05) is 13.8 Å². The van der Waals surface area contributed by atoms with Gasteiger partial charge in [0.05, 0.1) is 5.92 Å². The van der Waals surface area contributed by atoms with Gasteiger partial charge in [-0.15, -0.1) is 0 Å². The average Bonchev–Trinajstić information content (AvgIpc) is 2.25. The first-order chi connectivity index (χ1) is 7.45. The van der Waals surface area contributed by atoms with Gasteiger partial charge < -0.3 is 0 Å². The fraction of sp³-hybridized carbons (Fsp3) is 0.750. The largest absolute Gasteiger partial charge is 0.391 e. The molecule has 1 fully saturated rings. The van der Waals surface area contributed by atoms with Crippen LogP contribution in [0, 0.1) is 11.8 Å². The Morgan fingerprint density at radius 2 is 2.00 bits per heavy atom. The van der Waals surface area contributed by atoms with Crippen LogP contribution < -0.4 is 0 Å². The van der Waals surface area contributed by atoms with Crippen LogP contribution in [0.3, 0.4) is 0 Å². The molecule has 1 aliphatic rings. The zero-order valence-corrected chi connectivity index (χ0v) is 9.72. The van der Waals surface area contributed by atoms with Crippen LogP contribution >= 0.6 is 0 Å². The van der Waals surface area contributed by atoms with E-state index in [0.717, 1.165) is 12.1 Å². The van der Waals surface area contributed by atoms with E-state index < -0.39 is 12.1 Å². The monoisotopic (exact) mass is 233 g/mol. The van der Waals surface area contributed by atoms with E-state index in [-0.39, 0.29) is 18.8 Å². The van der Waals surface area contributed by atoms with E-state index in [4.69, 9.17) is 0 Å². The first-order valence-corrected chi connectivity index (χ1v) is 5.67. The molecule has 0 saturated heterocycles. The molecule has 0 aromatic heterocycles. The predicted molar refractivity (Wildman–Crippen MR) is 59.4 cm³/mol. The van der Waals surface area contributed by atoms with E-state index >= 15 is 0 Å². The summed E-state index contributed by atoms with van der Waals surface area (Å²) in [6.07, 6.45) is 1.35. The summed E-state index contributed by atoms with van der Waals surface area (Å²) in [5.74, 6) is -1.14. The van der Waals surface area contributed by atoms with Gasteiger partial charge in [-0.1, -0.05) is 12.5 Å². The van der Waals surface area contributed by atoms with Crippen LogP contribution in [0.4, 0.5) is 13.2 Å². The number of hydrogen-bond donors (Lipinski definition) is 0. The van der Waals surface area contributed by atoms with Gasteiger partial charge in [-0.2, -0.15) is 13.2 Å². The molecule has 0 heterocycles. The lowest BCUT2D eigenvalue weighted by atomic mass is 9.79. The van der Waals surface area contributed by atoms with Gasteiger partial charge in [-0.25, -0.2) is 0 Å². The maximum absolute atomic E-state index is 12.6. The van der Waals surface area contributed by atoms with Gasteiger partial charge in [0.25, 0.3) is 0 Å². The third-order valence-corrected chi connectivity index (χ3v) is 3.16. The highest BCUT2D eigenvalue weighted by Gasteiger charge is 2.42. The Morgan fingerprint density at radius 1 is 1.31 bits per heavy atom. The summed E-state index contributed by atoms with van der Waals surface area (Å²) in [5.41, 5.74) is 0.826. The zero-order chi connectivity index (χ0) is 12.2. The van der Waals surface area contributed by atoms with E-state index in [2.05, 4.69) is 4.99 Å². The van der Waals surface area contributed by atoms with E-state index in [0.29, 0.717) is 6.42 Å². The summed E-state index contributed by atoms with van der Waals surface area (Å²) in [7, 11) is 0. The molecule has 0 aromatic rings. The summed E-state index contributed by atoms with van der Waals surface area (Å²) in [5, 5.41) is 0. The molecule has 0 spiro atoms. The number of aliphatic imine (C=N–C) groups is 1. The maximum atomic E-state index is 12.6. The van der Waals surface area contributed by atoms with Crippen molar-refractivity contribution < 1.29 is 13.2 Å². The van der Waals surface area contributed by atoms with Gasteiger partial charge in [0.1, 0.15) is 0 Å². The Hall–Kier alpha value is -0.800. The molecule has 4 heteroatoms. The molecule has 92 valence electrons. The van der Waals surface area contributed by atoms with Gasteiger partial charge >= 0.3 is 6.18 Å². The normalized spacial score (nSPS) is 28.7. The van der Waals surface area contributed by atoms with Crippen LogP contribution in [0.1, 0.15) is 39.5 Å². The Labute approximate surface area is 94.5 Å². The highest BCUT2D eigenvalue weighted by Crippen LogP contribution is 2.40. The van der Waals surface area contributed by atoms with Gasteiger partial charge in [-0.05, 0) is 39.0 Å². The molecular weight excluding hydrogens is 215 g/mol. The van der Waals surface area contributed by atoms with Gasteiger partial charge in [0.15, 0.2) is 0 Å². The second-order valence-electron chi connectivity index (χ2n) is 4.35. The fourth-order valence-electron chi connectivity index (χ4n) is 2.16. The SMILES string of the molecule is C/C=C\N=C(C)C1CCCC(C(F)(F)F)C1. The molecule has 1 nitrogen and oxygen atoms in total. The molecule has 0 aromatic carbocycles. The Morgan fingerprint density at radius 3 is 2.56 bits per heavy atom. The van der Waals surface area contributed by atoms with Crippen molar-refractivity contribution in [3.63, 3.8) is 0 Å². The number of allylic oxidation sites excluding steroid dienone is 1. The molecule has 1 saturated carbocycles. The van der Waals surface area contributed by atoms with Crippen molar-refractivity contribution in [1.29, 1.82) is 0 Å². The number of halogens is 3. The molecule has 0 aliphatic heterocycles. The molecule has 16 heavy (non-hydrogen) atoms. The minimum Gasteiger partial charge on any atom is -0.266 e. The van der Waals surface area contributed by atoms with E-state index in [9.17, 15) is 13.2 Å². The maximum Gasteiger partial charge on any atom is 0.391 e. The van der Waals surface area contributed by atoms with Crippen LogP contribution in [0.5, 0.6) is 0 Å². The standard InChI is InChI=1S/C12H18F3N/c1-3-7-16-9(2)10-5-4-6-11(8-10)12(13,14)15/h3,7,10-11H,4-6,8H2,1-2H3/b7-3-,16-9?. The number of rotatable bonds is 2. The van der Waals surface area contributed by atoms with Gasteiger partial charge in [0, 0.05) is 11.9 Å². The lowest BCUT2D eigenvalue weighted by Gasteiger charge is -2.30. The van der Waals surface area contributed by atoms with E-state index in [1.165, 1.54) is 0 Å². The van der Waals surface area contributed by atoms with E-state index in [1.54, 1.807) is 12.3 Å². The van der Waals surface area contributed by atoms with Crippen LogP contribution in [-0.4, -0.2) is 11.9 Å². The number of hydrogen-bond acceptors (Lipinski definition) is 1. The predicted octanol–water partition coefficient (Wildman–Crippen LogP) is 4.35. The topological polar surface area (TPSA) is 12.4 Å². The van der Waals surface area contributed by atoms with Crippen LogP contribution in [-0.2, 0) is 0 Å². The third kappa shape index (κ3) is 3.65. The molecule has 1 aliphatic carbocycles. The van der Waals surface area contributed by atoms with Crippen molar-refractivity contribution in [2.24, 2.45) is 16.8 Å². The molecule has 0 bridgehead atoms. The summed E-state index contributed by atoms with van der Waals surface area (Å²) < 4.78 is 37.7. The second-order valence-corrected chi connectivity index (χ2v) is 4.35. The van der Waals surface area contributed by atoms with Crippen molar-refractivity contribution >= 4 is 5.71 Å². The van der Waals surface area contributed by atoms with Crippen molar-refractivity contribution in [3.05, 3.63) is 12.3 Å². The minimum atomic E-state index is -4.04. The molecule has 0 radical (unpaired) electrons. The number of alkyl halides is 3. The quantitative estimate of drug-likeness (QED) is 0.629. The molecular formula is C12H18F3N. The highest BCUT2D eigenvalue weighted by molar-refractivity contribution is 5.84.